The zero-order chi connectivity index (χ0) is 18.9. The zero-order valence-corrected chi connectivity index (χ0v) is 15.8. The van der Waals surface area contributed by atoms with Crippen LogP contribution in [0.5, 0.6) is 5.75 Å². The number of hydrogen-bond donors (Lipinski definition) is 1. The molecule has 5 heteroatoms. The molecule has 0 amide bonds. The van der Waals surface area contributed by atoms with Gasteiger partial charge in [0.25, 0.3) is 0 Å². The zero-order valence-electron chi connectivity index (χ0n) is 15.0. The topological polar surface area (TPSA) is 61.0 Å². The minimum atomic E-state index is 0.451. The van der Waals surface area contributed by atoms with Crippen LogP contribution >= 0.6 is 11.3 Å². The van der Waals surface area contributed by atoms with Gasteiger partial charge in [0, 0.05) is 38.1 Å². The summed E-state index contributed by atoms with van der Waals surface area (Å²) >= 11 is 1.76. The number of hydrogen-bond acceptors (Lipinski definition) is 5. The number of aromatic nitrogens is 2. The minimum Gasteiger partial charge on any atom is -0.488 e. The van der Waals surface area contributed by atoms with Crippen LogP contribution in [0.3, 0.4) is 0 Å². The van der Waals surface area contributed by atoms with Crippen LogP contribution in [0.4, 0.5) is 5.69 Å². The quantitative estimate of drug-likeness (QED) is 0.434. The molecule has 0 unspecified atom stereocenters. The number of anilines is 1. The molecule has 0 aliphatic carbocycles. The maximum Gasteiger partial charge on any atom is 0.130 e. The smallest absolute Gasteiger partial charge is 0.130 e. The van der Waals surface area contributed by atoms with E-state index in [2.05, 4.69) is 40.3 Å². The molecule has 5 aromatic rings. The van der Waals surface area contributed by atoms with E-state index in [0.29, 0.717) is 12.3 Å². The summed E-state index contributed by atoms with van der Waals surface area (Å²) in [5.41, 5.74) is 9.38. The lowest BCUT2D eigenvalue weighted by atomic mass is 10.0. The summed E-state index contributed by atoms with van der Waals surface area (Å²) < 4.78 is 8.62. The first-order valence-electron chi connectivity index (χ1n) is 8.97. The van der Waals surface area contributed by atoms with E-state index in [9.17, 15) is 0 Å². The molecule has 0 saturated carbocycles. The first-order chi connectivity index (χ1) is 13.8. The van der Waals surface area contributed by atoms with Crippen LogP contribution in [-0.4, -0.2) is 9.97 Å². The lowest BCUT2D eigenvalue weighted by Crippen LogP contribution is -1.98. The van der Waals surface area contributed by atoms with E-state index >= 15 is 0 Å². The van der Waals surface area contributed by atoms with Gasteiger partial charge in [0.2, 0.25) is 0 Å². The molecule has 4 nitrogen and oxygen atoms in total. The van der Waals surface area contributed by atoms with Gasteiger partial charge in [-0.2, -0.15) is 0 Å². The van der Waals surface area contributed by atoms with E-state index < -0.39 is 0 Å². The van der Waals surface area contributed by atoms with Crippen LogP contribution in [-0.2, 0) is 6.61 Å². The number of nitrogen functional groups attached to an aromatic ring is 1. The molecule has 2 N–H and O–H groups in total. The van der Waals surface area contributed by atoms with Crippen molar-refractivity contribution in [3.63, 3.8) is 0 Å². The average molecular weight is 383 g/mol. The molecule has 3 aromatic heterocycles. The maximum atomic E-state index is 6.21. The molecule has 0 bridgehead atoms. The second kappa shape index (κ2) is 6.94. The van der Waals surface area contributed by atoms with Gasteiger partial charge in [-0.3, -0.25) is 9.97 Å². The normalized spacial score (nSPS) is 11.1. The summed E-state index contributed by atoms with van der Waals surface area (Å²) in [5.74, 6) is 0.806. The van der Waals surface area contributed by atoms with E-state index in [1.54, 1.807) is 23.7 Å². The van der Waals surface area contributed by atoms with Crippen molar-refractivity contribution in [1.29, 1.82) is 0 Å². The Hall–Kier alpha value is -3.44. The molecular weight excluding hydrogens is 366 g/mol. The predicted octanol–water partition coefficient (Wildman–Crippen LogP) is 5.67. The lowest BCUT2D eigenvalue weighted by Gasteiger charge is -2.13. The Morgan fingerprint density at radius 3 is 2.64 bits per heavy atom. The Labute approximate surface area is 166 Å². The summed E-state index contributed by atoms with van der Waals surface area (Å²) in [5, 5.41) is 2.46. The first-order valence-corrected chi connectivity index (χ1v) is 9.79. The number of pyridine rings is 2. The number of rotatable bonds is 4. The SMILES string of the molecule is Nc1ccc(-c2c(OCc3cccnc3)ccc3c2sc2ccccc23)nc1. The lowest BCUT2D eigenvalue weighted by molar-refractivity contribution is 0.307. The maximum absolute atomic E-state index is 6.21. The highest BCUT2D eigenvalue weighted by molar-refractivity contribution is 7.26. The van der Waals surface area contributed by atoms with E-state index in [1.807, 2.05) is 36.5 Å². The molecule has 2 aromatic carbocycles. The van der Waals surface area contributed by atoms with Crippen LogP contribution in [0.2, 0.25) is 0 Å². The molecule has 0 radical (unpaired) electrons. The number of fused-ring (bicyclic) bond motifs is 3. The van der Waals surface area contributed by atoms with Crippen molar-refractivity contribution in [2.75, 3.05) is 5.73 Å². The third-order valence-electron chi connectivity index (χ3n) is 4.67. The summed E-state index contributed by atoms with van der Waals surface area (Å²) in [6.45, 7) is 0.451. The van der Waals surface area contributed by atoms with E-state index in [1.165, 1.54) is 20.2 Å². The summed E-state index contributed by atoms with van der Waals surface area (Å²) in [6, 6.07) is 20.4. The van der Waals surface area contributed by atoms with Crippen LogP contribution in [0.1, 0.15) is 5.56 Å². The molecule has 0 saturated heterocycles. The molecule has 28 heavy (non-hydrogen) atoms. The van der Waals surface area contributed by atoms with Crippen molar-refractivity contribution >= 4 is 37.2 Å². The minimum absolute atomic E-state index is 0.451. The molecule has 0 spiro atoms. The van der Waals surface area contributed by atoms with Crippen molar-refractivity contribution in [2.24, 2.45) is 0 Å². The standard InChI is InChI=1S/C23H17N3OS/c24-16-7-9-19(26-13-16)22-20(27-14-15-4-3-11-25-12-15)10-8-18-17-5-1-2-6-21(17)28-23(18)22/h1-13H,14,24H2. The van der Waals surface area contributed by atoms with Gasteiger partial charge in [0.15, 0.2) is 0 Å². The molecule has 3 heterocycles. The third-order valence-corrected chi connectivity index (χ3v) is 5.87. The highest BCUT2D eigenvalue weighted by Crippen LogP contribution is 2.44. The van der Waals surface area contributed by atoms with Gasteiger partial charge in [0.1, 0.15) is 12.4 Å². The van der Waals surface area contributed by atoms with Gasteiger partial charge >= 0.3 is 0 Å². The number of benzene rings is 2. The number of ether oxygens (including phenoxy) is 1. The van der Waals surface area contributed by atoms with Gasteiger partial charge in [-0.25, -0.2) is 0 Å². The Kier molecular flexibility index (Phi) is 4.14. The second-order valence-corrected chi connectivity index (χ2v) is 7.59. The van der Waals surface area contributed by atoms with Crippen molar-refractivity contribution in [2.45, 2.75) is 6.61 Å². The molecule has 0 atom stereocenters. The molecule has 5 rings (SSSR count). The average Bonchev–Trinajstić information content (AvgIpc) is 3.12. The van der Waals surface area contributed by atoms with Crippen LogP contribution in [0.15, 0.2) is 79.3 Å². The second-order valence-electron chi connectivity index (χ2n) is 6.54. The Bertz CT molecular complexity index is 1260. The van der Waals surface area contributed by atoms with Crippen molar-refractivity contribution < 1.29 is 4.74 Å². The monoisotopic (exact) mass is 383 g/mol. The van der Waals surface area contributed by atoms with Crippen molar-refractivity contribution in [3.05, 3.63) is 84.8 Å². The number of thiophene rings is 1. The largest absolute Gasteiger partial charge is 0.488 e. The molecule has 136 valence electrons. The summed E-state index contributed by atoms with van der Waals surface area (Å²) in [7, 11) is 0. The number of nitrogens with zero attached hydrogens (tertiary/aromatic N) is 2. The highest BCUT2D eigenvalue weighted by atomic mass is 32.1. The first kappa shape index (κ1) is 16.7. The van der Waals surface area contributed by atoms with Crippen LogP contribution < -0.4 is 10.5 Å². The van der Waals surface area contributed by atoms with E-state index in [-0.39, 0.29) is 0 Å². The summed E-state index contributed by atoms with van der Waals surface area (Å²) in [6.07, 6.45) is 5.27. The number of nitrogens with two attached hydrogens (primary N) is 1. The van der Waals surface area contributed by atoms with Gasteiger partial charge in [-0.05, 0) is 36.4 Å². The Morgan fingerprint density at radius 2 is 1.82 bits per heavy atom. The fourth-order valence-electron chi connectivity index (χ4n) is 3.33. The van der Waals surface area contributed by atoms with E-state index in [0.717, 1.165) is 22.6 Å². The fraction of sp³-hybridized carbons (Fsp3) is 0.0435. The molecule has 0 aliphatic rings. The molecular formula is C23H17N3OS. The third kappa shape index (κ3) is 2.96. The summed E-state index contributed by atoms with van der Waals surface area (Å²) in [4.78, 5) is 8.74. The van der Waals surface area contributed by atoms with E-state index in [4.69, 9.17) is 10.5 Å². The van der Waals surface area contributed by atoms with Crippen molar-refractivity contribution in [1.82, 2.24) is 9.97 Å². The molecule has 0 fully saturated rings. The fourth-order valence-corrected chi connectivity index (χ4v) is 4.58. The predicted molar refractivity (Wildman–Crippen MR) is 116 cm³/mol. The van der Waals surface area contributed by atoms with Crippen molar-refractivity contribution in [3.8, 4) is 17.0 Å². The van der Waals surface area contributed by atoms with Gasteiger partial charge in [-0.15, -0.1) is 11.3 Å². The van der Waals surface area contributed by atoms with Gasteiger partial charge in [-0.1, -0.05) is 24.3 Å². The van der Waals surface area contributed by atoms with Gasteiger partial charge in [0.05, 0.1) is 23.1 Å². The van der Waals surface area contributed by atoms with Crippen LogP contribution in [0.25, 0.3) is 31.4 Å². The Balaban J connectivity index is 1.69. The highest BCUT2D eigenvalue weighted by Gasteiger charge is 2.16. The van der Waals surface area contributed by atoms with Crippen LogP contribution in [0, 0.1) is 0 Å². The Morgan fingerprint density at radius 1 is 0.893 bits per heavy atom. The molecule has 0 aliphatic heterocycles. The van der Waals surface area contributed by atoms with Gasteiger partial charge < -0.3 is 10.5 Å².